The Morgan fingerprint density at radius 2 is 2.04 bits per heavy atom. The molecule has 2 aromatic heterocycles. The Hall–Kier alpha value is -3.39. The SMILES string of the molecule is N#CCCn1cc(C=CC(=O)Nc2ccncc2)c2ccccc21. The van der Waals surface area contributed by atoms with Gasteiger partial charge in [0, 0.05) is 53.4 Å². The highest BCUT2D eigenvalue weighted by atomic mass is 16.1. The molecule has 0 aliphatic heterocycles. The lowest BCUT2D eigenvalue weighted by molar-refractivity contribution is -0.111. The van der Waals surface area contributed by atoms with E-state index in [0.29, 0.717) is 18.7 Å². The molecule has 118 valence electrons. The zero-order valence-corrected chi connectivity index (χ0v) is 13.0. The van der Waals surface area contributed by atoms with Gasteiger partial charge in [0.25, 0.3) is 0 Å². The van der Waals surface area contributed by atoms with Crippen LogP contribution < -0.4 is 5.32 Å². The number of nitriles is 1. The molecule has 0 radical (unpaired) electrons. The molecule has 2 heterocycles. The van der Waals surface area contributed by atoms with Crippen molar-refractivity contribution < 1.29 is 4.79 Å². The van der Waals surface area contributed by atoms with E-state index in [1.165, 1.54) is 6.08 Å². The molecule has 3 aromatic rings. The van der Waals surface area contributed by atoms with Gasteiger partial charge in [-0.05, 0) is 24.3 Å². The molecule has 24 heavy (non-hydrogen) atoms. The number of rotatable bonds is 5. The van der Waals surface area contributed by atoms with Crippen LogP contribution in [0, 0.1) is 11.3 Å². The van der Waals surface area contributed by atoms with Crippen LogP contribution in [-0.2, 0) is 11.3 Å². The van der Waals surface area contributed by atoms with Crippen LogP contribution >= 0.6 is 0 Å². The fourth-order valence-electron chi connectivity index (χ4n) is 2.55. The summed E-state index contributed by atoms with van der Waals surface area (Å²) in [5, 5.41) is 12.6. The third kappa shape index (κ3) is 3.50. The molecule has 0 aliphatic carbocycles. The number of fused-ring (bicyclic) bond motifs is 1. The number of hydrogen-bond donors (Lipinski definition) is 1. The van der Waals surface area contributed by atoms with E-state index in [1.54, 1.807) is 30.6 Å². The first kappa shape index (κ1) is 15.5. The van der Waals surface area contributed by atoms with Gasteiger partial charge in [0.2, 0.25) is 5.91 Å². The van der Waals surface area contributed by atoms with Gasteiger partial charge in [0.1, 0.15) is 0 Å². The van der Waals surface area contributed by atoms with E-state index in [9.17, 15) is 4.79 Å². The number of nitrogens with one attached hydrogen (secondary N) is 1. The number of carbonyl (C=O) groups excluding carboxylic acids is 1. The Bertz CT molecular complexity index is 919. The molecule has 0 fully saturated rings. The molecule has 0 saturated heterocycles. The van der Waals surface area contributed by atoms with E-state index in [2.05, 4.69) is 16.4 Å². The number of anilines is 1. The van der Waals surface area contributed by atoms with E-state index in [1.807, 2.05) is 35.0 Å². The molecule has 5 heteroatoms. The Balaban J connectivity index is 1.81. The monoisotopic (exact) mass is 316 g/mol. The second kappa shape index (κ2) is 7.25. The zero-order chi connectivity index (χ0) is 16.8. The van der Waals surface area contributed by atoms with Crippen molar-refractivity contribution in [2.45, 2.75) is 13.0 Å². The Morgan fingerprint density at radius 3 is 2.83 bits per heavy atom. The van der Waals surface area contributed by atoms with Gasteiger partial charge in [-0.25, -0.2) is 0 Å². The second-order valence-electron chi connectivity index (χ2n) is 5.26. The quantitative estimate of drug-likeness (QED) is 0.731. The number of pyridine rings is 1. The first-order valence-corrected chi connectivity index (χ1v) is 7.62. The maximum atomic E-state index is 12.0. The normalized spacial score (nSPS) is 10.8. The topological polar surface area (TPSA) is 70.7 Å². The fourth-order valence-corrected chi connectivity index (χ4v) is 2.55. The van der Waals surface area contributed by atoms with Crippen molar-refractivity contribution in [1.82, 2.24) is 9.55 Å². The number of hydrogen-bond acceptors (Lipinski definition) is 3. The number of amides is 1. The molecule has 3 rings (SSSR count). The summed E-state index contributed by atoms with van der Waals surface area (Å²) in [6.45, 7) is 0.633. The lowest BCUT2D eigenvalue weighted by Gasteiger charge is -2.00. The molecule has 1 aromatic carbocycles. The van der Waals surface area contributed by atoms with Gasteiger partial charge in [-0.2, -0.15) is 5.26 Å². The Morgan fingerprint density at radius 1 is 1.25 bits per heavy atom. The predicted octanol–water partition coefficient (Wildman–Crippen LogP) is 3.60. The Kier molecular flexibility index (Phi) is 4.68. The highest BCUT2D eigenvalue weighted by Crippen LogP contribution is 2.22. The number of para-hydroxylation sites is 1. The summed E-state index contributed by atoms with van der Waals surface area (Å²) < 4.78 is 2.04. The number of carbonyl (C=O) groups is 1. The Labute approximate surface area is 139 Å². The van der Waals surface area contributed by atoms with Crippen LogP contribution in [0.2, 0.25) is 0 Å². The van der Waals surface area contributed by atoms with E-state index < -0.39 is 0 Å². The molecule has 0 saturated carbocycles. The molecule has 0 atom stereocenters. The van der Waals surface area contributed by atoms with Gasteiger partial charge < -0.3 is 9.88 Å². The van der Waals surface area contributed by atoms with E-state index in [0.717, 1.165) is 16.5 Å². The molecule has 0 unspecified atom stereocenters. The first-order chi connectivity index (χ1) is 11.8. The standard InChI is InChI=1S/C19H16N4O/c20-10-3-13-23-14-15(17-4-1-2-5-18(17)23)6-7-19(24)22-16-8-11-21-12-9-16/h1-2,4-9,11-12,14H,3,13H2,(H,21,22,24). The summed E-state index contributed by atoms with van der Waals surface area (Å²) in [7, 11) is 0. The predicted molar refractivity (Wildman–Crippen MR) is 94.1 cm³/mol. The van der Waals surface area contributed by atoms with Crippen LogP contribution in [0.25, 0.3) is 17.0 Å². The van der Waals surface area contributed by atoms with Crippen molar-refractivity contribution >= 4 is 28.6 Å². The highest BCUT2D eigenvalue weighted by Gasteiger charge is 2.06. The number of aromatic nitrogens is 2. The van der Waals surface area contributed by atoms with Crippen molar-refractivity contribution in [2.24, 2.45) is 0 Å². The summed E-state index contributed by atoms with van der Waals surface area (Å²) >= 11 is 0. The number of nitrogens with zero attached hydrogens (tertiary/aromatic N) is 3. The molecule has 1 N–H and O–H groups in total. The molecule has 0 spiro atoms. The average Bonchev–Trinajstić information content (AvgIpc) is 2.97. The van der Waals surface area contributed by atoms with Crippen molar-refractivity contribution in [3.8, 4) is 6.07 Å². The van der Waals surface area contributed by atoms with Crippen LogP contribution in [-0.4, -0.2) is 15.5 Å². The van der Waals surface area contributed by atoms with Gasteiger partial charge >= 0.3 is 0 Å². The number of benzene rings is 1. The maximum absolute atomic E-state index is 12.0. The third-order valence-electron chi connectivity index (χ3n) is 3.65. The second-order valence-corrected chi connectivity index (χ2v) is 5.26. The van der Waals surface area contributed by atoms with Crippen molar-refractivity contribution in [2.75, 3.05) is 5.32 Å². The largest absolute Gasteiger partial charge is 0.346 e. The summed E-state index contributed by atoms with van der Waals surface area (Å²) in [5.74, 6) is -0.199. The molecular weight excluding hydrogens is 300 g/mol. The van der Waals surface area contributed by atoms with E-state index >= 15 is 0 Å². The first-order valence-electron chi connectivity index (χ1n) is 7.62. The molecule has 1 amide bonds. The maximum Gasteiger partial charge on any atom is 0.248 e. The molecule has 5 nitrogen and oxygen atoms in total. The summed E-state index contributed by atoms with van der Waals surface area (Å²) in [5.41, 5.74) is 2.71. The fraction of sp³-hybridized carbons (Fsp3) is 0.105. The van der Waals surface area contributed by atoms with Gasteiger partial charge in [0.15, 0.2) is 0 Å². The van der Waals surface area contributed by atoms with Gasteiger partial charge in [-0.1, -0.05) is 18.2 Å². The van der Waals surface area contributed by atoms with Crippen molar-refractivity contribution in [3.63, 3.8) is 0 Å². The van der Waals surface area contributed by atoms with Crippen LogP contribution in [0.5, 0.6) is 0 Å². The van der Waals surface area contributed by atoms with Crippen molar-refractivity contribution in [1.29, 1.82) is 5.26 Å². The summed E-state index contributed by atoms with van der Waals surface area (Å²) in [6.07, 6.45) is 8.98. The highest BCUT2D eigenvalue weighted by molar-refractivity contribution is 6.03. The molecule has 0 bridgehead atoms. The summed E-state index contributed by atoms with van der Waals surface area (Å²) in [4.78, 5) is 15.9. The van der Waals surface area contributed by atoms with Gasteiger partial charge in [-0.3, -0.25) is 9.78 Å². The van der Waals surface area contributed by atoms with Crippen LogP contribution in [0.3, 0.4) is 0 Å². The van der Waals surface area contributed by atoms with Crippen LogP contribution in [0.15, 0.2) is 61.1 Å². The molecular formula is C19H16N4O. The lowest BCUT2D eigenvalue weighted by Crippen LogP contribution is -2.07. The lowest BCUT2D eigenvalue weighted by atomic mass is 10.1. The van der Waals surface area contributed by atoms with E-state index in [-0.39, 0.29) is 5.91 Å². The number of aryl methyl sites for hydroxylation is 1. The minimum absolute atomic E-state index is 0.199. The van der Waals surface area contributed by atoms with Crippen molar-refractivity contribution in [3.05, 3.63) is 66.6 Å². The minimum atomic E-state index is -0.199. The minimum Gasteiger partial charge on any atom is -0.346 e. The zero-order valence-electron chi connectivity index (χ0n) is 13.0. The summed E-state index contributed by atoms with van der Waals surface area (Å²) in [6, 6.07) is 13.6. The van der Waals surface area contributed by atoms with Crippen LogP contribution in [0.1, 0.15) is 12.0 Å². The smallest absolute Gasteiger partial charge is 0.248 e. The van der Waals surface area contributed by atoms with Crippen LogP contribution in [0.4, 0.5) is 5.69 Å². The van der Waals surface area contributed by atoms with Gasteiger partial charge in [-0.15, -0.1) is 0 Å². The third-order valence-corrected chi connectivity index (χ3v) is 3.65. The van der Waals surface area contributed by atoms with E-state index in [4.69, 9.17) is 5.26 Å². The molecule has 0 aliphatic rings. The van der Waals surface area contributed by atoms with Gasteiger partial charge in [0.05, 0.1) is 12.5 Å². The average molecular weight is 316 g/mol.